The zero-order chi connectivity index (χ0) is 16.4. The molecule has 0 aromatic heterocycles. The molecule has 2 aromatic carbocycles. The number of nitrogens with one attached hydrogen (secondary N) is 1. The number of aryl methyl sites for hydroxylation is 1. The van der Waals surface area contributed by atoms with Gasteiger partial charge in [-0.3, -0.25) is 0 Å². The van der Waals surface area contributed by atoms with E-state index in [9.17, 15) is 0 Å². The molecule has 0 atom stereocenters. The molecule has 0 amide bonds. The van der Waals surface area contributed by atoms with Crippen LogP contribution < -0.4 is 0 Å². The number of hydrogen-bond donors (Lipinski definition) is 1. The zero-order valence-corrected chi connectivity index (χ0v) is 14.1. The highest BCUT2D eigenvalue weighted by Gasteiger charge is 1.99. The molecule has 0 radical (unpaired) electrons. The Bertz CT molecular complexity index is 577. The molecule has 0 unspecified atom stereocenters. The molecule has 0 aliphatic rings. The van der Waals surface area contributed by atoms with Crippen LogP contribution in [0.1, 0.15) is 37.5 Å². The quantitative estimate of drug-likeness (QED) is 0.675. The van der Waals surface area contributed by atoms with Crippen molar-refractivity contribution >= 4 is 11.8 Å². The Hall–Kier alpha value is -2.15. The molecule has 0 aliphatic heterocycles. The van der Waals surface area contributed by atoms with Crippen LogP contribution in [-0.2, 0) is 6.42 Å². The number of benzene rings is 2. The van der Waals surface area contributed by atoms with Crippen molar-refractivity contribution in [2.45, 2.75) is 34.1 Å². The van der Waals surface area contributed by atoms with Crippen LogP contribution in [0.5, 0.6) is 0 Å². The minimum Gasteiger partial charge on any atom is -0.308 e. The van der Waals surface area contributed by atoms with Gasteiger partial charge in [0.25, 0.3) is 0 Å². The van der Waals surface area contributed by atoms with E-state index in [-0.39, 0.29) is 0 Å². The predicted octanol–water partition coefficient (Wildman–Crippen LogP) is 5.93. The summed E-state index contributed by atoms with van der Waals surface area (Å²) >= 11 is 0. The topological polar surface area (TPSA) is 23.9 Å². The second kappa shape index (κ2) is 9.73. The summed E-state index contributed by atoms with van der Waals surface area (Å²) in [6, 6.07) is 18.8. The van der Waals surface area contributed by atoms with Crippen LogP contribution in [0.3, 0.4) is 0 Å². The van der Waals surface area contributed by atoms with E-state index in [1.165, 1.54) is 17.3 Å². The molecule has 116 valence electrons. The van der Waals surface area contributed by atoms with Crippen molar-refractivity contribution in [1.82, 2.24) is 0 Å². The molecule has 1 N–H and O–H groups in total. The lowest BCUT2D eigenvalue weighted by Crippen LogP contribution is -1.94. The smallest absolute Gasteiger partial charge is 0.0253 e. The van der Waals surface area contributed by atoms with Crippen molar-refractivity contribution in [2.75, 3.05) is 0 Å². The SMILES string of the molecule is C/C=C(\C=N)c1ccc(CC(C)C)cc1.Cc1ccccc1. The van der Waals surface area contributed by atoms with E-state index in [0.717, 1.165) is 17.6 Å². The van der Waals surface area contributed by atoms with Gasteiger partial charge in [-0.1, -0.05) is 80.1 Å². The average Bonchev–Trinajstić information content (AvgIpc) is 2.51. The highest BCUT2D eigenvalue weighted by atomic mass is 14.3. The van der Waals surface area contributed by atoms with Crippen LogP contribution in [0, 0.1) is 18.3 Å². The molecule has 0 heterocycles. The molecule has 0 aliphatic carbocycles. The average molecular weight is 293 g/mol. The van der Waals surface area contributed by atoms with Gasteiger partial charge in [-0.2, -0.15) is 0 Å². The summed E-state index contributed by atoms with van der Waals surface area (Å²) in [5, 5.41) is 7.27. The lowest BCUT2D eigenvalue weighted by molar-refractivity contribution is 0.647. The fourth-order valence-corrected chi connectivity index (χ4v) is 2.17. The molecule has 1 nitrogen and oxygen atoms in total. The van der Waals surface area contributed by atoms with E-state index in [1.54, 1.807) is 0 Å². The van der Waals surface area contributed by atoms with Gasteiger partial charge in [0.2, 0.25) is 0 Å². The predicted molar refractivity (Wildman–Crippen MR) is 98.6 cm³/mol. The van der Waals surface area contributed by atoms with Gasteiger partial charge in [0.05, 0.1) is 0 Å². The maximum Gasteiger partial charge on any atom is 0.0253 e. The fourth-order valence-electron chi connectivity index (χ4n) is 2.17. The third-order valence-corrected chi connectivity index (χ3v) is 3.34. The van der Waals surface area contributed by atoms with Gasteiger partial charge >= 0.3 is 0 Å². The maximum atomic E-state index is 7.27. The first-order valence-electron chi connectivity index (χ1n) is 7.84. The van der Waals surface area contributed by atoms with Gasteiger partial charge in [-0.25, -0.2) is 0 Å². The van der Waals surface area contributed by atoms with Crippen LogP contribution in [0.4, 0.5) is 0 Å². The Morgan fingerprint density at radius 3 is 1.95 bits per heavy atom. The van der Waals surface area contributed by atoms with E-state index < -0.39 is 0 Å². The van der Waals surface area contributed by atoms with Crippen LogP contribution in [-0.4, -0.2) is 6.21 Å². The Kier molecular flexibility index (Phi) is 7.91. The zero-order valence-electron chi connectivity index (χ0n) is 14.1. The Morgan fingerprint density at radius 1 is 1.00 bits per heavy atom. The Balaban J connectivity index is 0.000000287. The number of hydrogen-bond acceptors (Lipinski definition) is 1. The van der Waals surface area contributed by atoms with E-state index in [2.05, 4.69) is 57.2 Å². The van der Waals surface area contributed by atoms with Crippen molar-refractivity contribution in [2.24, 2.45) is 5.92 Å². The molecule has 22 heavy (non-hydrogen) atoms. The third-order valence-electron chi connectivity index (χ3n) is 3.34. The monoisotopic (exact) mass is 293 g/mol. The lowest BCUT2D eigenvalue weighted by Gasteiger charge is -2.06. The van der Waals surface area contributed by atoms with Crippen molar-refractivity contribution in [1.29, 1.82) is 5.41 Å². The van der Waals surface area contributed by atoms with Crippen molar-refractivity contribution in [3.63, 3.8) is 0 Å². The standard InChI is InChI=1S/C14H19N.C7H8/c1-4-13(10-15)14-7-5-12(6-8-14)9-11(2)3;1-7-5-3-2-4-6-7/h4-8,10-11,15H,9H2,1-3H3;2-6H,1H3/b13-4+,15-10?;. The van der Waals surface area contributed by atoms with Crippen molar-refractivity contribution in [3.8, 4) is 0 Å². The first-order chi connectivity index (χ1) is 10.6. The minimum absolute atomic E-state index is 0.694. The summed E-state index contributed by atoms with van der Waals surface area (Å²) < 4.78 is 0. The maximum absolute atomic E-state index is 7.27. The highest BCUT2D eigenvalue weighted by molar-refractivity contribution is 6.08. The molecule has 0 saturated carbocycles. The molecular weight excluding hydrogens is 266 g/mol. The van der Waals surface area contributed by atoms with Crippen molar-refractivity contribution < 1.29 is 0 Å². The Labute approximate surface area is 135 Å². The molecule has 0 saturated heterocycles. The molecular formula is C21H27N. The van der Waals surface area contributed by atoms with Gasteiger partial charge in [-0.15, -0.1) is 0 Å². The van der Waals surface area contributed by atoms with E-state index in [1.807, 2.05) is 31.2 Å². The fraction of sp³-hybridized carbons (Fsp3) is 0.286. The summed E-state index contributed by atoms with van der Waals surface area (Å²) in [6.45, 7) is 8.49. The summed E-state index contributed by atoms with van der Waals surface area (Å²) in [5.41, 5.74) is 4.79. The largest absolute Gasteiger partial charge is 0.308 e. The summed E-state index contributed by atoms with van der Waals surface area (Å²) in [5.74, 6) is 0.694. The second-order valence-electron chi connectivity index (χ2n) is 5.84. The van der Waals surface area contributed by atoms with E-state index in [0.29, 0.717) is 5.92 Å². The first kappa shape index (κ1) is 17.9. The van der Waals surface area contributed by atoms with Crippen LogP contribution in [0.25, 0.3) is 5.57 Å². The molecule has 0 bridgehead atoms. The highest BCUT2D eigenvalue weighted by Crippen LogP contribution is 2.15. The molecule has 0 fully saturated rings. The van der Waals surface area contributed by atoms with Crippen LogP contribution >= 0.6 is 0 Å². The second-order valence-corrected chi connectivity index (χ2v) is 5.84. The van der Waals surface area contributed by atoms with Gasteiger partial charge in [0.1, 0.15) is 0 Å². The summed E-state index contributed by atoms with van der Waals surface area (Å²) in [7, 11) is 0. The van der Waals surface area contributed by atoms with Crippen molar-refractivity contribution in [3.05, 3.63) is 77.4 Å². The molecule has 2 aromatic rings. The third kappa shape index (κ3) is 6.53. The van der Waals surface area contributed by atoms with Crippen LogP contribution in [0.15, 0.2) is 60.7 Å². The molecule has 1 heteroatoms. The van der Waals surface area contributed by atoms with E-state index >= 15 is 0 Å². The van der Waals surface area contributed by atoms with Gasteiger partial charge in [-0.05, 0) is 42.9 Å². The summed E-state index contributed by atoms with van der Waals surface area (Å²) in [6.07, 6.45) is 4.48. The molecule has 0 spiro atoms. The van der Waals surface area contributed by atoms with Gasteiger partial charge < -0.3 is 5.41 Å². The normalized spacial score (nSPS) is 10.9. The van der Waals surface area contributed by atoms with Crippen LogP contribution in [0.2, 0.25) is 0 Å². The lowest BCUT2D eigenvalue weighted by atomic mass is 9.99. The molecule has 2 rings (SSSR count). The first-order valence-corrected chi connectivity index (χ1v) is 7.84. The summed E-state index contributed by atoms with van der Waals surface area (Å²) in [4.78, 5) is 0. The Morgan fingerprint density at radius 2 is 1.59 bits per heavy atom. The minimum atomic E-state index is 0.694. The van der Waals surface area contributed by atoms with Gasteiger partial charge in [0, 0.05) is 6.21 Å². The van der Waals surface area contributed by atoms with E-state index in [4.69, 9.17) is 5.41 Å². The number of allylic oxidation sites excluding steroid dienone is 2. The van der Waals surface area contributed by atoms with Gasteiger partial charge in [0.15, 0.2) is 0 Å². The number of rotatable bonds is 4.